The van der Waals surface area contributed by atoms with Crippen molar-refractivity contribution in [3.63, 3.8) is 0 Å². The maximum atomic E-state index is 13.0. The predicted octanol–water partition coefficient (Wildman–Crippen LogP) is 3.31. The predicted molar refractivity (Wildman–Crippen MR) is 94.8 cm³/mol. The van der Waals surface area contributed by atoms with E-state index in [1.807, 2.05) is 31.2 Å². The standard InChI is InChI=1S/C20H23NO4/c1-13-18(20(23)25-3)17(12-14-8-10-16(24-2)11-9-14)19(22)21(13)15-6-4-5-7-15/h8-12,15H,4-7H2,1-3H3/b17-12-. The normalized spacial score (nSPS) is 19.9. The Bertz CT molecular complexity index is 739. The first-order valence-electron chi connectivity index (χ1n) is 8.55. The molecule has 1 saturated carbocycles. The molecule has 0 bridgehead atoms. The van der Waals surface area contributed by atoms with Crippen molar-refractivity contribution >= 4 is 18.0 Å². The van der Waals surface area contributed by atoms with E-state index in [9.17, 15) is 9.59 Å². The third-order valence-electron chi connectivity index (χ3n) is 4.95. The summed E-state index contributed by atoms with van der Waals surface area (Å²) in [5.41, 5.74) is 2.31. The minimum atomic E-state index is -0.467. The zero-order valence-electron chi connectivity index (χ0n) is 14.9. The largest absolute Gasteiger partial charge is 0.497 e. The second kappa shape index (κ2) is 7.13. The first-order chi connectivity index (χ1) is 12.1. The summed E-state index contributed by atoms with van der Waals surface area (Å²) >= 11 is 0. The molecule has 1 aliphatic heterocycles. The van der Waals surface area contributed by atoms with E-state index in [1.165, 1.54) is 7.11 Å². The van der Waals surface area contributed by atoms with Crippen LogP contribution in [0.3, 0.4) is 0 Å². The van der Waals surface area contributed by atoms with E-state index in [2.05, 4.69) is 0 Å². The van der Waals surface area contributed by atoms with Gasteiger partial charge in [-0.1, -0.05) is 25.0 Å². The quantitative estimate of drug-likeness (QED) is 0.623. The van der Waals surface area contributed by atoms with Gasteiger partial charge in [0.15, 0.2) is 0 Å². The zero-order chi connectivity index (χ0) is 18.0. The Morgan fingerprint density at radius 3 is 2.36 bits per heavy atom. The minimum absolute atomic E-state index is 0.111. The fourth-order valence-corrected chi connectivity index (χ4v) is 3.67. The first kappa shape index (κ1) is 17.3. The smallest absolute Gasteiger partial charge is 0.340 e. The lowest BCUT2D eigenvalue weighted by Gasteiger charge is -2.25. The number of carbonyl (C=O) groups is 2. The van der Waals surface area contributed by atoms with Crippen molar-refractivity contribution in [3.05, 3.63) is 46.7 Å². The molecule has 5 nitrogen and oxygen atoms in total. The maximum Gasteiger partial charge on any atom is 0.340 e. The van der Waals surface area contributed by atoms with Crippen molar-refractivity contribution in [2.24, 2.45) is 0 Å². The van der Waals surface area contributed by atoms with E-state index in [-0.39, 0.29) is 11.9 Å². The van der Waals surface area contributed by atoms with Gasteiger partial charge in [0.25, 0.3) is 5.91 Å². The minimum Gasteiger partial charge on any atom is -0.497 e. The van der Waals surface area contributed by atoms with Crippen LogP contribution in [0.15, 0.2) is 41.1 Å². The van der Waals surface area contributed by atoms with Crippen molar-refractivity contribution in [2.45, 2.75) is 38.6 Å². The molecule has 3 rings (SSSR count). The number of allylic oxidation sites excluding steroid dienone is 1. The molecule has 25 heavy (non-hydrogen) atoms. The van der Waals surface area contributed by atoms with E-state index in [4.69, 9.17) is 9.47 Å². The molecule has 1 aromatic carbocycles. The molecule has 2 aliphatic rings. The summed E-state index contributed by atoms with van der Waals surface area (Å²) in [7, 11) is 2.95. The molecule has 1 heterocycles. The molecule has 1 aromatic rings. The average molecular weight is 341 g/mol. The van der Waals surface area contributed by atoms with Crippen LogP contribution >= 0.6 is 0 Å². The van der Waals surface area contributed by atoms with E-state index in [1.54, 1.807) is 18.1 Å². The Hall–Kier alpha value is -2.56. The molecular formula is C20H23NO4. The first-order valence-corrected chi connectivity index (χ1v) is 8.55. The van der Waals surface area contributed by atoms with Crippen LogP contribution in [-0.4, -0.2) is 37.0 Å². The highest BCUT2D eigenvalue weighted by Crippen LogP contribution is 2.37. The summed E-state index contributed by atoms with van der Waals surface area (Å²) in [5.74, 6) is 0.166. The number of hydrogen-bond donors (Lipinski definition) is 0. The monoisotopic (exact) mass is 341 g/mol. The highest BCUT2D eigenvalue weighted by Gasteiger charge is 2.40. The Balaban J connectivity index is 2.01. The summed E-state index contributed by atoms with van der Waals surface area (Å²) in [4.78, 5) is 27.1. The van der Waals surface area contributed by atoms with Crippen LogP contribution in [0.4, 0.5) is 0 Å². The lowest BCUT2D eigenvalue weighted by molar-refractivity contribution is -0.136. The van der Waals surface area contributed by atoms with Crippen LogP contribution in [0.5, 0.6) is 5.75 Å². The zero-order valence-corrected chi connectivity index (χ0v) is 14.9. The molecule has 0 atom stereocenters. The van der Waals surface area contributed by atoms with Gasteiger partial charge in [0.05, 0.1) is 25.4 Å². The second-order valence-corrected chi connectivity index (χ2v) is 6.40. The molecule has 132 valence electrons. The molecular weight excluding hydrogens is 318 g/mol. The Labute approximate surface area is 147 Å². The van der Waals surface area contributed by atoms with Crippen LogP contribution in [0, 0.1) is 0 Å². The third kappa shape index (κ3) is 3.18. The van der Waals surface area contributed by atoms with Gasteiger partial charge in [-0.25, -0.2) is 4.79 Å². The fourth-order valence-electron chi connectivity index (χ4n) is 3.67. The molecule has 5 heteroatoms. The molecule has 0 spiro atoms. The van der Waals surface area contributed by atoms with Gasteiger partial charge in [0, 0.05) is 11.7 Å². The lowest BCUT2D eigenvalue weighted by atomic mass is 10.0. The van der Waals surface area contributed by atoms with Gasteiger partial charge < -0.3 is 14.4 Å². The SMILES string of the molecule is COC(=O)C1=C(C)N(C2CCCC2)C(=O)/C1=C\c1ccc(OC)cc1. The van der Waals surface area contributed by atoms with Crippen LogP contribution in [-0.2, 0) is 14.3 Å². The molecule has 1 fully saturated rings. The maximum absolute atomic E-state index is 13.0. The van der Waals surface area contributed by atoms with Crippen LogP contribution < -0.4 is 4.74 Å². The van der Waals surface area contributed by atoms with Crippen molar-refractivity contribution < 1.29 is 19.1 Å². The number of esters is 1. The van der Waals surface area contributed by atoms with Gasteiger partial charge in [-0.2, -0.15) is 0 Å². The number of ether oxygens (including phenoxy) is 2. The Kier molecular flexibility index (Phi) is 4.93. The van der Waals surface area contributed by atoms with Gasteiger partial charge >= 0.3 is 5.97 Å². The number of nitrogens with zero attached hydrogens (tertiary/aromatic N) is 1. The Morgan fingerprint density at radius 1 is 1.16 bits per heavy atom. The molecule has 0 unspecified atom stereocenters. The summed E-state index contributed by atoms with van der Waals surface area (Å²) in [5, 5.41) is 0. The number of hydrogen-bond acceptors (Lipinski definition) is 4. The molecule has 1 aliphatic carbocycles. The molecule has 0 saturated heterocycles. The molecule has 0 aromatic heterocycles. The van der Waals surface area contributed by atoms with E-state index in [0.29, 0.717) is 16.8 Å². The average Bonchev–Trinajstić information content (AvgIpc) is 3.22. The highest BCUT2D eigenvalue weighted by molar-refractivity contribution is 6.16. The van der Waals surface area contributed by atoms with Crippen molar-refractivity contribution in [1.29, 1.82) is 0 Å². The molecule has 1 amide bonds. The van der Waals surface area contributed by atoms with E-state index >= 15 is 0 Å². The number of benzene rings is 1. The molecule has 0 radical (unpaired) electrons. The topological polar surface area (TPSA) is 55.8 Å². The number of rotatable bonds is 4. The number of methoxy groups -OCH3 is 2. The highest BCUT2D eigenvalue weighted by atomic mass is 16.5. The number of amides is 1. The fraction of sp³-hybridized carbons (Fsp3) is 0.400. The second-order valence-electron chi connectivity index (χ2n) is 6.40. The Morgan fingerprint density at radius 2 is 1.80 bits per heavy atom. The van der Waals surface area contributed by atoms with Crippen molar-refractivity contribution in [2.75, 3.05) is 14.2 Å². The van der Waals surface area contributed by atoms with Crippen molar-refractivity contribution in [1.82, 2.24) is 4.90 Å². The van der Waals surface area contributed by atoms with Crippen LogP contribution in [0.25, 0.3) is 6.08 Å². The summed E-state index contributed by atoms with van der Waals surface area (Å²) in [6, 6.07) is 7.56. The summed E-state index contributed by atoms with van der Waals surface area (Å²) in [6.45, 7) is 1.83. The summed E-state index contributed by atoms with van der Waals surface area (Å²) < 4.78 is 10.1. The van der Waals surface area contributed by atoms with E-state index < -0.39 is 5.97 Å². The lowest BCUT2D eigenvalue weighted by Crippen LogP contribution is -2.34. The van der Waals surface area contributed by atoms with Gasteiger partial charge in [-0.15, -0.1) is 0 Å². The van der Waals surface area contributed by atoms with Gasteiger partial charge in [-0.3, -0.25) is 4.79 Å². The van der Waals surface area contributed by atoms with Crippen LogP contribution in [0.1, 0.15) is 38.2 Å². The number of carbonyl (C=O) groups excluding carboxylic acids is 2. The molecule has 0 N–H and O–H groups in total. The van der Waals surface area contributed by atoms with Gasteiger partial charge in [0.2, 0.25) is 0 Å². The van der Waals surface area contributed by atoms with Crippen LogP contribution in [0.2, 0.25) is 0 Å². The third-order valence-corrected chi connectivity index (χ3v) is 4.95. The summed E-state index contributed by atoms with van der Waals surface area (Å²) in [6.07, 6.45) is 5.95. The van der Waals surface area contributed by atoms with Gasteiger partial charge in [0.1, 0.15) is 5.75 Å². The van der Waals surface area contributed by atoms with Gasteiger partial charge in [-0.05, 0) is 43.5 Å². The van der Waals surface area contributed by atoms with E-state index in [0.717, 1.165) is 37.0 Å². The van der Waals surface area contributed by atoms with Crippen molar-refractivity contribution in [3.8, 4) is 5.75 Å².